The fourth-order valence-electron chi connectivity index (χ4n) is 4.27. The molecule has 0 aromatic heterocycles. The molecule has 160 valence electrons. The fourth-order valence-corrected chi connectivity index (χ4v) is 8.27. The maximum absolute atomic E-state index is 13.8. The van der Waals surface area contributed by atoms with E-state index in [1.807, 2.05) is 68.4 Å². The molecule has 0 fully saturated rings. The van der Waals surface area contributed by atoms with Crippen molar-refractivity contribution in [3.05, 3.63) is 120 Å². The quantitative estimate of drug-likeness (QED) is 0.400. The fraction of sp³-hybridized carbons (Fsp3) is 0.107. The molecule has 0 bridgehead atoms. The van der Waals surface area contributed by atoms with Gasteiger partial charge in [0.1, 0.15) is 29.0 Å². The van der Waals surface area contributed by atoms with Gasteiger partial charge in [-0.1, -0.05) is 54.6 Å². The average Bonchev–Trinajstić information content (AvgIpc) is 2.81. The summed E-state index contributed by atoms with van der Waals surface area (Å²) in [6, 6.07) is 33.8. The molecule has 1 N–H and O–H groups in total. The number of benzene rings is 4. The molecule has 0 heterocycles. The molecule has 0 spiro atoms. The van der Waals surface area contributed by atoms with Crippen molar-refractivity contribution < 1.29 is 9.18 Å². The largest absolute Gasteiger partial charge is 0.322 e. The lowest BCUT2D eigenvalue weighted by Crippen LogP contribution is -2.37. The first-order valence-corrected chi connectivity index (χ1v) is 12.6. The Bertz CT molecular complexity index is 1090. The van der Waals surface area contributed by atoms with Gasteiger partial charge in [0.25, 0.3) is 5.91 Å². The number of halogens is 1. The molecule has 0 atom stereocenters. The van der Waals surface area contributed by atoms with Gasteiger partial charge in [-0.2, -0.15) is 0 Å². The second kappa shape index (κ2) is 9.46. The number of carbonyl (C=O) groups excluding carboxylic acids is 1. The normalized spacial score (nSPS) is 11.2. The summed E-state index contributed by atoms with van der Waals surface area (Å²) in [5.74, 6) is -0.370. The summed E-state index contributed by atoms with van der Waals surface area (Å²) in [6.45, 7) is 3.64. The Hall–Kier alpha value is -3.29. The van der Waals surface area contributed by atoms with Crippen LogP contribution in [0.5, 0.6) is 0 Å². The number of anilines is 1. The van der Waals surface area contributed by atoms with E-state index in [-0.39, 0.29) is 11.7 Å². The van der Waals surface area contributed by atoms with E-state index in [9.17, 15) is 9.18 Å². The van der Waals surface area contributed by atoms with Crippen LogP contribution < -0.4 is 21.2 Å². The molecule has 0 aliphatic heterocycles. The minimum Gasteiger partial charge on any atom is -0.322 e. The van der Waals surface area contributed by atoms with Crippen molar-refractivity contribution >= 4 is 34.8 Å². The lowest BCUT2D eigenvalue weighted by Gasteiger charge is -2.27. The SMILES string of the molecule is Cc1cc(F)cc(C)c1NC(=O)C[P+](c1ccccc1)(c1ccccc1)c1ccccc1. The van der Waals surface area contributed by atoms with Crippen molar-refractivity contribution in [2.75, 3.05) is 11.5 Å². The minimum atomic E-state index is -2.27. The van der Waals surface area contributed by atoms with Gasteiger partial charge in [-0.15, -0.1) is 0 Å². The standard InChI is InChI=1S/C28H25FNOP/c1-21-18-23(29)19-22(2)28(21)30-27(31)20-32(24-12-6-3-7-13-24,25-14-8-4-9-15-25)26-16-10-5-11-17-26/h3-19H,20H2,1-2H3/p+1. The van der Waals surface area contributed by atoms with Crippen molar-refractivity contribution in [3.8, 4) is 0 Å². The smallest absolute Gasteiger partial charge is 0.263 e. The number of rotatable bonds is 6. The van der Waals surface area contributed by atoms with Gasteiger partial charge in [-0.05, 0) is 73.5 Å². The molecule has 0 aliphatic carbocycles. The summed E-state index contributed by atoms with van der Waals surface area (Å²) >= 11 is 0. The van der Waals surface area contributed by atoms with Crippen LogP contribution in [0.2, 0.25) is 0 Å². The highest BCUT2D eigenvalue weighted by Crippen LogP contribution is 2.55. The van der Waals surface area contributed by atoms with E-state index in [2.05, 4.69) is 41.7 Å². The summed E-state index contributed by atoms with van der Waals surface area (Å²) in [5, 5.41) is 6.55. The zero-order valence-corrected chi connectivity index (χ0v) is 19.1. The summed E-state index contributed by atoms with van der Waals surface area (Å²) in [5.41, 5.74) is 2.13. The maximum atomic E-state index is 13.8. The third-order valence-electron chi connectivity index (χ3n) is 5.73. The van der Waals surface area contributed by atoms with Gasteiger partial charge in [-0.3, -0.25) is 4.79 Å². The topological polar surface area (TPSA) is 29.1 Å². The van der Waals surface area contributed by atoms with E-state index in [1.165, 1.54) is 12.1 Å². The number of aryl methyl sites for hydroxylation is 2. The van der Waals surface area contributed by atoms with Gasteiger partial charge in [0.2, 0.25) is 0 Å². The molecule has 0 saturated carbocycles. The van der Waals surface area contributed by atoms with Crippen molar-refractivity contribution in [1.82, 2.24) is 0 Å². The lowest BCUT2D eigenvalue weighted by atomic mass is 10.1. The Morgan fingerprint density at radius 1 is 0.719 bits per heavy atom. The van der Waals surface area contributed by atoms with Crippen molar-refractivity contribution in [2.45, 2.75) is 13.8 Å². The van der Waals surface area contributed by atoms with Crippen LogP contribution in [0.3, 0.4) is 0 Å². The predicted octanol–water partition coefficient (Wildman–Crippen LogP) is 5.38. The molecule has 0 saturated heterocycles. The van der Waals surface area contributed by atoms with E-state index in [0.29, 0.717) is 11.8 Å². The van der Waals surface area contributed by atoms with Gasteiger partial charge in [0.05, 0.1) is 0 Å². The Morgan fingerprint density at radius 2 is 1.09 bits per heavy atom. The summed E-state index contributed by atoms with van der Waals surface area (Å²) in [6.07, 6.45) is 0.321. The second-order valence-electron chi connectivity index (χ2n) is 7.94. The van der Waals surface area contributed by atoms with E-state index in [1.54, 1.807) is 0 Å². The minimum absolute atomic E-state index is 0.0762. The number of nitrogens with one attached hydrogen (secondary N) is 1. The molecular weight excluding hydrogens is 416 g/mol. The first kappa shape index (κ1) is 21.9. The van der Waals surface area contributed by atoms with Crippen LogP contribution in [0.25, 0.3) is 0 Å². The Balaban J connectivity index is 1.84. The maximum Gasteiger partial charge on any atom is 0.263 e. The summed E-state index contributed by atoms with van der Waals surface area (Å²) in [4.78, 5) is 13.6. The number of amides is 1. The Labute approximate surface area is 189 Å². The van der Waals surface area contributed by atoms with Crippen molar-refractivity contribution in [2.24, 2.45) is 0 Å². The third-order valence-corrected chi connectivity index (χ3v) is 10.0. The molecule has 1 amide bonds. The molecule has 4 rings (SSSR count). The van der Waals surface area contributed by atoms with Crippen molar-refractivity contribution in [1.29, 1.82) is 0 Å². The number of carbonyl (C=O) groups is 1. The first-order valence-electron chi connectivity index (χ1n) is 10.6. The second-order valence-corrected chi connectivity index (χ2v) is 11.4. The van der Waals surface area contributed by atoms with Crippen LogP contribution >= 0.6 is 7.26 Å². The van der Waals surface area contributed by atoms with Gasteiger partial charge in [-0.25, -0.2) is 4.39 Å². The highest BCUT2D eigenvalue weighted by atomic mass is 31.2. The molecule has 0 unspecified atom stereocenters. The van der Waals surface area contributed by atoms with Crippen LogP contribution in [0, 0.1) is 19.7 Å². The van der Waals surface area contributed by atoms with E-state index in [4.69, 9.17) is 0 Å². The van der Waals surface area contributed by atoms with Crippen LogP contribution in [0.1, 0.15) is 11.1 Å². The summed E-state index contributed by atoms with van der Waals surface area (Å²) in [7, 11) is -2.27. The van der Waals surface area contributed by atoms with Crippen LogP contribution in [0.15, 0.2) is 103 Å². The van der Waals surface area contributed by atoms with Crippen molar-refractivity contribution in [3.63, 3.8) is 0 Å². The number of hydrogen-bond donors (Lipinski definition) is 1. The van der Waals surface area contributed by atoms with Gasteiger partial charge >= 0.3 is 0 Å². The number of hydrogen-bond acceptors (Lipinski definition) is 1. The third kappa shape index (κ3) is 4.35. The zero-order valence-electron chi connectivity index (χ0n) is 18.3. The van der Waals surface area contributed by atoms with Gasteiger partial charge in [0.15, 0.2) is 6.16 Å². The molecule has 2 nitrogen and oxygen atoms in total. The average molecular weight is 442 g/mol. The molecule has 4 heteroatoms. The van der Waals surface area contributed by atoms with Crippen LogP contribution in [-0.2, 0) is 4.79 Å². The highest BCUT2D eigenvalue weighted by Gasteiger charge is 2.47. The first-order chi connectivity index (χ1) is 15.5. The van der Waals surface area contributed by atoms with Crippen LogP contribution in [0.4, 0.5) is 10.1 Å². The molecule has 0 radical (unpaired) electrons. The van der Waals surface area contributed by atoms with Crippen LogP contribution in [-0.4, -0.2) is 12.1 Å². The van der Waals surface area contributed by atoms with Gasteiger partial charge in [0, 0.05) is 5.69 Å². The van der Waals surface area contributed by atoms with E-state index in [0.717, 1.165) is 27.0 Å². The lowest BCUT2D eigenvalue weighted by molar-refractivity contribution is -0.113. The van der Waals surface area contributed by atoms with Gasteiger partial charge < -0.3 is 5.32 Å². The Morgan fingerprint density at radius 3 is 1.47 bits per heavy atom. The zero-order chi connectivity index (χ0) is 22.6. The molecule has 0 aliphatic rings. The molecular formula is C28H26FNOP+. The summed E-state index contributed by atoms with van der Waals surface area (Å²) < 4.78 is 13.8. The predicted molar refractivity (Wildman–Crippen MR) is 135 cm³/mol. The molecule has 4 aromatic rings. The molecule has 4 aromatic carbocycles. The monoisotopic (exact) mass is 442 g/mol. The molecule has 32 heavy (non-hydrogen) atoms. The highest BCUT2D eigenvalue weighted by molar-refractivity contribution is 7.96. The van der Waals surface area contributed by atoms with E-state index < -0.39 is 7.26 Å². The Kier molecular flexibility index (Phi) is 6.48. The van der Waals surface area contributed by atoms with E-state index >= 15 is 0 Å².